The molecular weight excluding hydrogens is 370 g/mol. The highest BCUT2D eigenvalue weighted by Gasteiger charge is 2.51. The van der Waals surface area contributed by atoms with Gasteiger partial charge in [0.2, 0.25) is 9.84 Å². The Morgan fingerprint density at radius 1 is 0.821 bits per heavy atom. The summed E-state index contributed by atoms with van der Waals surface area (Å²) in [4.78, 5) is 0.439. The van der Waals surface area contributed by atoms with Crippen molar-refractivity contribution in [1.29, 1.82) is 0 Å². The van der Waals surface area contributed by atoms with Crippen molar-refractivity contribution >= 4 is 26.9 Å². The number of nitrogens with two attached hydrogens (primary N) is 2. The predicted octanol–water partition coefficient (Wildman–Crippen LogP) is 4.06. The van der Waals surface area contributed by atoms with Crippen LogP contribution in [0.5, 0.6) is 0 Å². The molecule has 5 N–H and O–H groups in total. The van der Waals surface area contributed by atoms with Gasteiger partial charge in [0.05, 0.1) is 21.2 Å². The normalized spacial score (nSPS) is 31.1. The Balaban J connectivity index is 1.42. The highest BCUT2D eigenvalue weighted by atomic mass is 32.2. The molecule has 0 radical (unpaired) electrons. The SMILES string of the molecule is Nc1ccc(S(=O)(=O)c2ccc(NC34CC5CC(CC(C5)C3)C4)c(N)c2)cc1. The molecule has 4 aliphatic carbocycles. The molecule has 4 bridgehead atoms. The molecule has 2 aromatic carbocycles. The van der Waals surface area contributed by atoms with E-state index in [0.717, 1.165) is 23.4 Å². The number of benzene rings is 2. The fourth-order valence-corrected chi connectivity index (χ4v) is 7.45. The molecule has 2 aromatic rings. The standard InChI is InChI=1S/C22H27N3O2S/c23-17-1-3-18(4-2-17)28(26,27)19-5-6-21(20(24)10-19)25-22-11-14-7-15(12-22)9-16(8-14)13-22/h1-6,10,14-16,25H,7-9,11-13,23-24H2. The van der Waals surface area contributed by atoms with E-state index in [1.165, 1.54) is 50.7 Å². The Kier molecular flexibility index (Phi) is 3.92. The van der Waals surface area contributed by atoms with E-state index in [9.17, 15) is 8.42 Å². The molecule has 28 heavy (non-hydrogen) atoms. The van der Waals surface area contributed by atoms with Crippen LogP contribution in [0.15, 0.2) is 52.3 Å². The maximum atomic E-state index is 12.9. The zero-order valence-electron chi connectivity index (χ0n) is 15.9. The van der Waals surface area contributed by atoms with Gasteiger partial charge in [0.1, 0.15) is 0 Å². The summed E-state index contributed by atoms with van der Waals surface area (Å²) in [5.41, 5.74) is 14.0. The monoisotopic (exact) mass is 397 g/mol. The fraction of sp³-hybridized carbons (Fsp3) is 0.455. The molecule has 0 aromatic heterocycles. The number of nitrogens with one attached hydrogen (secondary N) is 1. The summed E-state index contributed by atoms with van der Waals surface area (Å²) in [5.74, 6) is 2.51. The Morgan fingerprint density at radius 3 is 1.89 bits per heavy atom. The van der Waals surface area contributed by atoms with Crippen LogP contribution in [0.25, 0.3) is 0 Å². The summed E-state index contributed by atoms with van der Waals surface area (Å²) in [5, 5.41) is 3.74. The molecule has 4 aliphatic rings. The molecule has 4 saturated carbocycles. The van der Waals surface area contributed by atoms with E-state index in [0.29, 0.717) is 11.4 Å². The summed E-state index contributed by atoms with van der Waals surface area (Å²) in [6.07, 6.45) is 7.79. The minimum atomic E-state index is -3.61. The van der Waals surface area contributed by atoms with E-state index >= 15 is 0 Å². The highest BCUT2D eigenvalue weighted by molar-refractivity contribution is 7.91. The lowest BCUT2D eigenvalue weighted by atomic mass is 9.53. The summed E-state index contributed by atoms with van der Waals surface area (Å²) >= 11 is 0. The molecule has 0 aliphatic heterocycles. The molecule has 0 unspecified atom stereocenters. The third-order valence-electron chi connectivity index (χ3n) is 6.96. The van der Waals surface area contributed by atoms with Crippen molar-refractivity contribution in [2.45, 2.75) is 53.9 Å². The molecule has 148 valence electrons. The van der Waals surface area contributed by atoms with Crippen molar-refractivity contribution in [3.63, 3.8) is 0 Å². The average molecular weight is 398 g/mol. The van der Waals surface area contributed by atoms with E-state index in [2.05, 4.69) is 5.32 Å². The Morgan fingerprint density at radius 2 is 1.36 bits per heavy atom. The predicted molar refractivity (Wildman–Crippen MR) is 112 cm³/mol. The zero-order valence-corrected chi connectivity index (χ0v) is 16.7. The molecule has 6 heteroatoms. The van der Waals surface area contributed by atoms with Crippen LogP contribution in [0.1, 0.15) is 38.5 Å². The third kappa shape index (κ3) is 2.94. The summed E-state index contributed by atoms with van der Waals surface area (Å²) in [6.45, 7) is 0. The van der Waals surface area contributed by atoms with Gasteiger partial charge in [0, 0.05) is 11.2 Å². The minimum Gasteiger partial charge on any atom is -0.399 e. The number of hydrogen-bond acceptors (Lipinski definition) is 5. The molecule has 0 heterocycles. The lowest BCUT2D eigenvalue weighted by Gasteiger charge is -2.57. The quantitative estimate of drug-likeness (QED) is 0.676. The van der Waals surface area contributed by atoms with Gasteiger partial charge in [-0.05, 0) is 98.7 Å². The van der Waals surface area contributed by atoms with E-state index < -0.39 is 9.84 Å². The maximum absolute atomic E-state index is 12.9. The zero-order chi connectivity index (χ0) is 19.5. The first-order valence-corrected chi connectivity index (χ1v) is 11.6. The van der Waals surface area contributed by atoms with Crippen molar-refractivity contribution in [3.05, 3.63) is 42.5 Å². The molecule has 0 amide bonds. The van der Waals surface area contributed by atoms with Gasteiger partial charge >= 0.3 is 0 Å². The third-order valence-corrected chi connectivity index (χ3v) is 8.73. The number of sulfone groups is 1. The summed E-state index contributed by atoms with van der Waals surface area (Å²) < 4.78 is 25.8. The van der Waals surface area contributed by atoms with Crippen molar-refractivity contribution in [1.82, 2.24) is 0 Å². The number of hydrogen-bond donors (Lipinski definition) is 3. The van der Waals surface area contributed by atoms with Crippen LogP contribution in [0.3, 0.4) is 0 Å². The van der Waals surface area contributed by atoms with Gasteiger partial charge in [0.25, 0.3) is 0 Å². The van der Waals surface area contributed by atoms with Crippen LogP contribution in [0.2, 0.25) is 0 Å². The highest BCUT2D eigenvalue weighted by Crippen LogP contribution is 2.56. The number of anilines is 3. The molecule has 4 fully saturated rings. The van der Waals surface area contributed by atoms with Gasteiger partial charge in [-0.25, -0.2) is 8.42 Å². The van der Waals surface area contributed by atoms with Gasteiger partial charge in [0.15, 0.2) is 0 Å². The van der Waals surface area contributed by atoms with Crippen LogP contribution in [0.4, 0.5) is 17.1 Å². The van der Waals surface area contributed by atoms with Gasteiger partial charge in [-0.1, -0.05) is 0 Å². The second-order valence-corrected chi connectivity index (χ2v) is 11.1. The van der Waals surface area contributed by atoms with E-state index in [-0.39, 0.29) is 15.3 Å². The lowest BCUT2D eigenvalue weighted by molar-refractivity contribution is 0.0107. The van der Waals surface area contributed by atoms with Crippen LogP contribution in [-0.4, -0.2) is 14.0 Å². The van der Waals surface area contributed by atoms with Crippen LogP contribution in [-0.2, 0) is 9.84 Å². The van der Waals surface area contributed by atoms with Gasteiger partial charge < -0.3 is 16.8 Å². The topological polar surface area (TPSA) is 98.2 Å². The molecular formula is C22H27N3O2S. The minimum absolute atomic E-state index is 0.139. The van der Waals surface area contributed by atoms with Crippen molar-refractivity contribution in [2.75, 3.05) is 16.8 Å². The van der Waals surface area contributed by atoms with E-state index in [1.807, 2.05) is 6.07 Å². The van der Waals surface area contributed by atoms with Crippen molar-refractivity contribution < 1.29 is 8.42 Å². The second kappa shape index (κ2) is 6.14. The summed E-state index contributed by atoms with van der Waals surface area (Å²) in [6, 6.07) is 11.3. The first kappa shape index (κ1) is 17.9. The maximum Gasteiger partial charge on any atom is 0.206 e. The Bertz CT molecular complexity index is 979. The second-order valence-electron chi connectivity index (χ2n) is 9.14. The smallest absolute Gasteiger partial charge is 0.206 e. The Labute approximate surface area is 166 Å². The van der Waals surface area contributed by atoms with Gasteiger partial charge in [-0.15, -0.1) is 0 Å². The van der Waals surface area contributed by atoms with E-state index in [1.54, 1.807) is 24.3 Å². The van der Waals surface area contributed by atoms with E-state index in [4.69, 9.17) is 11.5 Å². The van der Waals surface area contributed by atoms with Crippen molar-refractivity contribution in [2.24, 2.45) is 17.8 Å². The fourth-order valence-electron chi connectivity index (χ4n) is 6.15. The molecule has 0 spiro atoms. The summed E-state index contributed by atoms with van der Waals surface area (Å²) in [7, 11) is -3.61. The largest absolute Gasteiger partial charge is 0.399 e. The molecule has 5 nitrogen and oxygen atoms in total. The average Bonchev–Trinajstić information content (AvgIpc) is 2.62. The van der Waals surface area contributed by atoms with Crippen molar-refractivity contribution in [3.8, 4) is 0 Å². The first-order valence-electron chi connectivity index (χ1n) is 10.1. The Hall–Kier alpha value is -2.21. The van der Waals surface area contributed by atoms with Gasteiger partial charge in [-0.2, -0.15) is 0 Å². The molecule has 6 rings (SSSR count). The van der Waals surface area contributed by atoms with Crippen LogP contribution < -0.4 is 16.8 Å². The lowest BCUT2D eigenvalue weighted by Crippen LogP contribution is -2.54. The first-order chi connectivity index (χ1) is 13.3. The molecule has 0 saturated heterocycles. The number of rotatable bonds is 4. The van der Waals surface area contributed by atoms with Crippen LogP contribution in [0, 0.1) is 17.8 Å². The van der Waals surface area contributed by atoms with Gasteiger partial charge in [-0.3, -0.25) is 0 Å². The number of nitrogen functional groups attached to an aromatic ring is 2. The molecule has 0 atom stereocenters. The van der Waals surface area contributed by atoms with Crippen LogP contribution >= 0.6 is 0 Å².